The summed E-state index contributed by atoms with van der Waals surface area (Å²) in [5.74, 6) is 0.816. The van der Waals surface area contributed by atoms with Crippen LogP contribution in [-0.4, -0.2) is 86.6 Å². The molecule has 2 amide bonds. The SMILES string of the molecule is COCCN1C[C@@H](NC(=O)Nc2c(C)c(-c3cnc4c(c3)c(N3CCCC3)nn4C)nn2-c2ccccc2)[C@H](c2ccnc(F)c2)O1. The number of nitrogens with zero attached hydrogens (tertiary/aromatic N) is 8. The van der Waals surface area contributed by atoms with Crippen LogP contribution < -0.4 is 15.5 Å². The molecule has 5 aromatic rings. The molecular formula is C33H37FN10O3. The molecule has 0 spiro atoms. The minimum absolute atomic E-state index is 0.379. The molecule has 0 unspecified atom stereocenters. The number of fused-ring (bicyclic) bond motifs is 1. The van der Waals surface area contributed by atoms with Gasteiger partial charge in [-0.15, -0.1) is 0 Å². The van der Waals surface area contributed by atoms with Crippen molar-refractivity contribution in [3.05, 3.63) is 78.0 Å². The standard InChI is InChI=1S/C33H37FN10O3/c1-21-28(23-17-25-31(36-19-23)41(2)40-32(25)42-13-7-8-14-42)39-44(24-9-5-4-6-10-24)30(21)38-33(45)37-26-20-43(15-16-46-3)47-29(26)22-11-12-35-27(34)18-22/h4-6,9-12,17-19,26,29H,7-8,13-16,20H2,1-3H3,(H2,37,38,45)/t26-,29+/m1/s1. The summed E-state index contributed by atoms with van der Waals surface area (Å²) in [6, 6.07) is 13.8. The normalized spacial score (nSPS) is 18.3. The number of urea groups is 1. The number of pyridine rings is 2. The van der Waals surface area contributed by atoms with E-state index in [1.54, 1.807) is 29.1 Å². The van der Waals surface area contributed by atoms with Crippen LogP contribution in [0, 0.1) is 12.9 Å². The second kappa shape index (κ2) is 13.1. The zero-order valence-electron chi connectivity index (χ0n) is 26.6. The van der Waals surface area contributed by atoms with E-state index in [9.17, 15) is 9.18 Å². The molecule has 2 atom stereocenters. The van der Waals surface area contributed by atoms with Gasteiger partial charge < -0.3 is 15.0 Å². The van der Waals surface area contributed by atoms with Crippen LogP contribution in [0.25, 0.3) is 28.0 Å². The number of anilines is 2. The number of carbonyl (C=O) groups excluding carboxylic acids is 1. The van der Waals surface area contributed by atoms with Crippen LogP contribution in [0.1, 0.15) is 30.1 Å². The predicted octanol–water partition coefficient (Wildman–Crippen LogP) is 4.39. The molecule has 244 valence electrons. The van der Waals surface area contributed by atoms with E-state index in [0.717, 1.165) is 59.6 Å². The minimum Gasteiger partial charge on any atom is -0.383 e. The molecule has 2 fully saturated rings. The number of carbonyl (C=O) groups is 1. The van der Waals surface area contributed by atoms with Crippen LogP contribution in [0.15, 0.2) is 60.9 Å². The number of aryl methyl sites for hydroxylation is 1. The molecule has 7 rings (SSSR count). The molecule has 13 nitrogen and oxygen atoms in total. The first-order valence-electron chi connectivity index (χ1n) is 15.7. The van der Waals surface area contributed by atoms with Crippen LogP contribution >= 0.6 is 0 Å². The number of hydrogen-bond acceptors (Lipinski definition) is 9. The van der Waals surface area contributed by atoms with Gasteiger partial charge in [0.2, 0.25) is 5.95 Å². The Hall–Kier alpha value is -4.92. The zero-order chi connectivity index (χ0) is 32.5. The number of nitrogens with one attached hydrogen (secondary N) is 2. The molecule has 14 heteroatoms. The number of hydrogen-bond donors (Lipinski definition) is 2. The zero-order valence-corrected chi connectivity index (χ0v) is 26.6. The van der Waals surface area contributed by atoms with Crippen molar-refractivity contribution in [3.63, 3.8) is 0 Å². The van der Waals surface area contributed by atoms with Crippen molar-refractivity contribution in [2.45, 2.75) is 31.9 Å². The predicted molar refractivity (Wildman–Crippen MR) is 175 cm³/mol. The van der Waals surface area contributed by atoms with E-state index in [-0.39, 0.29) is 0 Å². The average molecular weight is 641 g/mol. The maximum atomic E-state index is 14.1. The molecule has 47 heavy (non-hydrogen) atoms. The lowest BCUT2D eigenvalue weighted by Crippen LogP contribution is -2.42. The van der Waals surface area contributed by atoms with Crippen molar-refractivity contribution in [1.29, 1.82) is 0 Å². The fourth-order valence-electron chi connectivity index (χ4n) is 6.34. The Morgan fingerprint density at radius 3 is 2.68 bits per heavy atom. The number of rotatable bonds is 9. The van der Waals surface area contributed by atoms with Gasteiger partial charge in [-0.25, -0.2) is 24.1 Å². The highest BCUT2D eigenvalue weighted by molar-refractivity contribution is 5.93. The number of hydroxylamine groups is 2. The number of benzene rings is 1. The Labute approximate surface area is 271 Å². The minimum atomic E-state index is -0.619. The van der Waals surface area contributed by atoms with Crippen molar-refractivity contribution >= 4 is 28.7 Å². The van der Waals surface area contributed by atoms with E-state index in [4.69, 9.17) is 24.8 Å². The van der Waals surface area contributed by atoms with Gasteiger partial charge in [0.1, 0.15) is 11.9 Å². The molecule has 2 N–H and O–H groups in total. The summed E-state index contributed by atoms with van der Waals surface area (Å²) >= 11 is 0. The summed E-state index contributed by atoms with van der Waals surface area (Å²) in [5, 5.41) is 18.6. The molecule has 2 saturated heterocycles. The van der Waals surface area contributed by atoms with E-state index >= 15 is 0 Å². The van der Waals surface area contributed by atoms with E-state index < -0.39 is 24.1 Å². The van der Waals surface area contributed by atoms with Gasteiger partial charge in [-0.2, -0.15) is 19.7 Å². The van der Waals surface area contributed by atoms with Gasteiger partial charge in [0.25, 0.3) is 0 Å². The van der Waals surface area contributed by atoms with Gasteiger partial charge in [-0.1, -0.05) is 18.2 Å². The van der Waals surface area contributed by atoms with E-state index in [1.165, 1.54) is 12.3 Å². The van der Waals surface area contributed by atoms with Gasteiger partial charge >= 0.3 is 6.03 Å². The highest BCUT2D eigenvalue weighted by Gasteiger charge is 2.37. The van der Waals surface area contributed by atoms with Crippen LogP contribution in [-0.2, 0) is 16.6 Å². The van der Waals surface area contributed by atoms with Gasteiger partial charge in [0, 0.05) is 63.9 Å². The largest absolute Gasteiger partial charge is 0.383 e. The first kappa shape index (κ1) is 30.7. The molecule has 6 heterocycles. The lowest BCUT2D eigenvalue weighted by Gasteiger charge is -2.19. The number of para-hydroxylation sites is 1. The second-order valence-corrected chi connectivity index (χ2v) is 11.8. The topological polar surface area (TPSA) is 127 Å². The number of halogens is 1. The van der Waals surface area contributed by atoms with Crippen molar-refractivity contribution < 1.29 is 18.8 Å². The summed E-state index contributed by atoms with van der Waals surface area (Å²) in [6.07, 6.45) is 4.85. The van der Waals surface area contributed by atoms with E-state index in [1.807, 2.05) is 49.0 Å². The summed E-state index contributed by atoms with van der Waals surface area (Å²) < 4.78 is 22.8. The van der Waals surface area contributed by atoms with Crippen LogP contribution in [0.5, 0.6) is 0 Å². The molecule has 0 radical (unpaired) electrons. The summed E-state index contributed by atoms with van der Waals surface area (Å²) in [5.41, 5.74) is 4.44. The number of ether oxygens (including phenoxy) is 1. The van der Waals surface area contributed by atoms with Crippen molar-refractivity contribution in [2.75, 3.05) is 50.1 Å². The summed E-state index contributed by atoms with van der Waals surface area (Å²) in [6.45, 7) is 5.17. The highest BCUT2D eigenvalue weighted by Crippen LogP contribution is 2.35. The number of aromatic nitrogens is 6. The molecular weight excluding hydrogens is 603 g/mol. The molecule has 4 aromatic heterocycles. The fourth-order valence-corrected chi connectivity index (χ4v) is 6.34. The fraction of sp³-hybridized carbons (Fsp3) is 0.364. The maximum Gasteiger partial charge on any atom is 0.320 e. The Kier molecular flexibility index (Phi) is 8.54. The molecule has 2 aliphatic rings. The van der Waals surface area contributed by atoms with Crippen LogP contribution in [0.3, 0.4) is 0 Å². The first-order chi connectivity index (χ1) is 22.9. The summed E-state index contributed by atoms with van der Waals surface area (Å²) in [4.78, 5) is 30.6. The first-order valence-corrected chi connectivity index (χ1v) is 15.7. The van der Waals surface area contributed by atoms with Gasteiger partial charge in [-0.05, 0) is 55.7 Å². The summed E-state index contributed by atoms with van der Waals surface area (Å²) in [7, 11) is 3.52. The maximum absolute atomic E-state index is 14.1. The number of methoxy groups -OCH3 is 1. The Bertz CT molecular complexity index is 1890. The molecule has 2 aliphatic heterocycles. The van der Waals surface area contributed by atoms with Crippen molar-refractivity contribution in [1.82, 2.24) is 39.9 Å². The molecule has 1 aromatic carbocycles. The Balaban J connectivity index is 1.21. The number of amides is 2. The van der Waals surface area contributed by atoms with Crippen LogP contribution in [0.2, 0.25) is 0 Å². The second-order valence-electron chi connectivity index (χ2n) is 11.8. The monoisotopic (exact) mass is 640 g/mol. The highest BCUT2D eigenvalue weighted by atomic mass is 19.1. The quantitative estimate of drug-likeness (QED) is 0.226. The van der Waals surface area contributed by atoms with Crippen LogP contribution in [0.4, 0.5) is 20.8 Å². The molecule has 0 bridgehead atoms. The Morgan fingerprint density at radius 1 is 1.11 bits per heavy atom. The lowest BCUT2D eigenvalue weighted by atomic mass is 10.0. The van der Waals surface area contributed by atoms with E-state index in [2.05, 4.69) is 26.6 Å². The van der Waals surface area contributed by atoms with Crippen molar-refractivity contribution in [2.24, 2.45) is 7.05 Å². The van der Waals surface area contributed by atoms with Gasteiger partial charge in [0.15, 0.2) is 11.5 Å². The Morgan fingerprint density at radius 2 is 1.91 bits per heavy atom. The molecule has 0 saturated carbocycles. The third kappa shape index (κ3) is 6.14. The third-order valence-corrected chi connectivity index (χ3v) is 8.66. The van der Waals surface area contributed by atoms with Gasteiger partial charge in [-0.3, -0.25) is 10.2 Å². The van der Waals surface area contributed by atoms with Gasteiger partial charge in [0.05, 0.1) is 29.4 Å². The molecule has 0 aliphatic carbocycles. The lowest BCUT2D eigenvalue weighted by molar-refractivity contribution is -0.154. The van der Waals surface area contributed by atoms with Crippen molar-refractivity contribution in [3.8, 4) is 16.9 Å². The average Bonchev–Trinajstić information content (AvgIpc) is 3.88. The third-order valence-electron chi connectivity index (χ3n) is 8.66. The van der Waals surface area contributed by atoms with E-state index in [0.29, 0.717) is 36.8 Å². The smallest absolute Gasteiger partial charge is 0.320 e.